The zero-order valence-corrected chi connectivity index (χ0v) is 6.17. The van der Waals surface area contributed by atoms with Crippen LogP contribution in [-0.4, -0.2) is 25.2 Å². The quantitative estimate of drug-likeness (QED) is 0.521. The highest BCUT2D eigenvalue weighted by Crippen LogP contribution is 2.07. The van der Waals surface area contributed by atoms with Crippen LogP contribution < -0.4 is 5.32 Å². The van der Waals surface area contributed by atoms with Gasteiger partial charge in [0.05, 0.1) is 6.61 Å². The third kappa shape index (κ3) is 1.70. The average Bonchev–Trinajstić information content (AvgIpc) is 2.38. The Hall–Kier alpha value is -0.570. The van der Waals surface area contributed by atoms with Crippen molar-refractivity contribution < 1.29 is 9.53 Å². The Morgan fingerprint density at radius 3 is 3.10 bits per heavy atom. The minimum absolute atomic E-state index is 0.153. The van der Waals surface area contributed by atoms with Crippen LogP contribution in [0, 0.1) is 0 Å². The van der Waals surface area contributed by atoms with E-state index in [1.165, 1.54) is 0 Å². The highest BCUT2D eigenvalue weighted by molar-refractivity contribution is 5.75. The Labute approximate surface area is 60.7 Å². The molecule has 0 N–H and O–H groups in total. The summed E-state index contributed by atoms with van der Waals surface area (Å²) in [7, 11) is 0. The average molecular weight is 142 g/mol. The third-order valence-corrected chi connectivity index (χ3v) is 1.54. The second-order valence-corrected chi connectivity index (χ2v) is 2.32. The van der Waals surface area contributed by atoms with Crippen LogP contribution in [0.15, 0.2) is 0 Å². The van der Waals surface area contributed by atoms with Crippen LogP contribution in [-0.2, 0) is 9.53 Å². The van der Waals surface area contributed by atoms with Gasteiger partial charge in [0.25, 0.3) is 0 Å². The number of esters is 1. The van der Waals surface area contributed by atoms with Crippen molar-refractivity contribution in [3.05, 3.63) is 0 Å². The van der Waals surface area contributed by atoms with Crippen molar-refractivity contribution in [2.75, 3.05) is 13.2 Å². The number of carbonyl (C=O) groups is 1. The van der Waals surface area contributed by atoms with Gasteiger partial charge in [0, 0.05) is 6.54 Å². The predicted molar refractivity (Wildman–Crippen MR) is 36.7 cm³/mol. The molecule has 1 heterocycles. The molecule has 0 aliphatic carbocycles. The molecule has 0 aromatic rings. The van der Waals surface area contributed by atoms with E-state index in [0.717, 1.165) is 19.4 Å². The Morgan fingerprint density at radius 2 is 2.60 bits per heavy atom. The van der Waals surface area contributed by atoms with E-state index in [0.29, 0.717) is 6.61 Å². The molecule has 57 valence electrons. The predicted octanol–water partition coefficient (Wildman–Crippen LogP) is 0.316. The normalized spacial score (nSPS) is 24.7. The van der Waals surface area contributed by atoms with E-state index in [9.17, 15) is 4.79 Å². The molecule has 0 aromatic carbocycles. The van der Waals surface area contributed by atoms with Crippen LogP contribution in [0.2, 0.25) is 0 Å². The molecule has 1 unspecified atom stereocenters. The lowest BCUT2D eigenvalue weighted by molar-refractivity contribution is -0.145. The fraction of sp³-hybridized carbons (Fsp3) is 0.857. The molecule has 0 aromatic heterocycles. The van der Waals surface area contributed by atoms with E-state index in [4.69, 9.17) is 4.74 Å². The number of hydrogen-bond donors (Lipinski definition) is 0. The van der Waals surface area contributed by atoms with Crippen molar-refractivity contribution in [1.29, 1.82) is 0 Å². The first kappa shape index (κ1) is 7.54. The maximum atomic E-state index is 10.9. The number of hydrogen-bond acceptors (Lipinski definition) is 2. The van der Waals surface area contributed by atoms with Gasteiger partial charge in [-0.1, -0.05) is 0 Å². The molecule has 10 heavy (non-hydrogen) atoms. The van der Waals surface area contributed by atoms with Gasteiger partial charge < -0.3 is 4.74 Å². The molecular formula is C7H12NO2. The molecule has 1 saturated heterocycles. The summed E-state index contributed by atoms with van der Waals surface area (Å²) >= 11 is 0. The maximum Gasteiger partial charge on any atom is 0.324 e. The molecule has 0 amide bonds. The summed E-state index contributed by atoms with van der Waals surface area (Å²) in [5.74, 6) is -0.153. The van der Waals surface area contributed by atoms with Gasteiger partial charge in [-0.2, -0.15) is 0 Å². The van der Waals surface area contributed by atoms with Gasteiger partial charge in [-0.3, -0.25) is 4.79 Å². The topological polar surface area (TPSA) is 40.4 Å². The second-order valence-electron chi connectivity index (χ2n) is 2.32. The minimum Gasteiger partial charge on any atom is -0.465 e. The van der Waals surface area contributed by atoms with Crippen molar-refractivity contribution in [1.82, 2.24) is 5.32 Å². The third-order valence-electron chi connectivity index (χ3n) is 1.54. The first-order valence-corrected chi connectivity index (χ1v) is 3.68. The fourth-order valence-corrected chi connectivity index (χ4v) is 1.05. The highest BCUT2D eigenvalue weighted by atomic mass is 16.5. The number of carbonyl (C=O) groups excluding carboxylic acids is 1. The van der Waals surface area contributed by atoms with Gasteiger partial charge in [-0.25, -0.2) is 5.32 Å². The van der Waals surface area contributed by atoms with E-state index < -0.39 is 0 Å². The van der Waals surface area contributed by atoms with Crippen LogP contribution in [0.5, 0.6) is 0 Å². The summed E-state index contributed by atoms with van der Waals surface area (Å²) in [5, 5.41) is 4.08. The summed E-state index contributed by atoms with van der Waals surface area (Å²) in [6, 6.07) is -0.153. The summed E-state index contributed by atoms with van der Waals surface area (Å²) in [6.45, 7) is 3.10. The van der Waals surface area contributed by atoms with Crippen LogP contribution in [0.1, 0.15) is 19.8 Å². The molecule has 1 radical (unpaired) electrons. The Bertz CT molecular complexity index is 119. The van der Waals surface area contributed by atoms with Crippen molar-refractivity contribution in [2.24, 2.45) is 0 Å². The van der Waals surface area contributed by atoms with Gasteiger partial charge in [-0.15, -0.1) is 0 Å². The van der Waals surface area contributed by atoms with E-state index in [2.05, 4.69) is 5.32 Å². The van der Waals surface area contributed by atoms with Gasteiger partial charge in [0.1, 0.15) is 6.04 Å². The van der Waals surface area contributed by atoms with E-state index in [-0.39, 0.29) is 12.0 Å². The summed E-state index contributed by atoms with van der Waals surface area (Å²) in [4.78, 5) is 10.9. The molecule has 0 spiro atoms. The first-order valence-electron chi connectivity index (χ1n) is 3.68. The lowest BCUT2D eigenvalue weighted by atomic mass is 10.2. The first-order chi connectivity index (χ1) is 4.84. The molecule has 1 aliphatic heterocycles. The van der Waals surface area contributed by atoms with E-state index in [1.807, 2.05) is 6.92 Å². The number of ether oxygens (including phenoxy) is 1. The largest absolute Gasteiger partial charge is 0.465 e. The van der Waals surface area contributed by atoms with Crippen molar-refractivity contribution in [3.8, 4) is 0 Å². The maximum absolute atomic E-state index is 10.9. The summed E-state index contributed by atoms with van der Waals surface area (Å²) in [5.41, 5.74) is 0. The Balaban J connectivity index is 2.25. The molecule has 1 atom stereocenters. The monoisotopic (exact) mass is 142 g/mol. The van der Waals surface area contributed by atoms with Crippen molar-refractivity contribution >= 4 is 5.97 Å². The number of nitrogens with zero attached hydrogens (tertiary/aromatic N) is 1. The van der Waals surface area contributed by atoms with Crippen LogP contribution in [0.3, 0.4) is 0 Å². The molecule has 1 rings (SSSR count). The van der Waals surface area contributed by atoms with Gasteiger partial charge in [0.15, 0.2) is 0 Å². The molecule has 1 aliphatic rings. The zero-order valence-electron chi connectivity index (χ0n) is 6.17. The SMILES string of the molecule is CCOC(=O)C1CCC[N]1. The van der Waals surface area contributed by atoms with Crippen molar-refractivity contribution in [2.45, 2.75) is 25.8 Å². The van der Waals surface area contributed by atoms with Gasteiger partial charge >= 0.3 is 5.97 Å². The lowest BCUT2D eigenvalue weighted by Gasteiger charge is -2.05. The minimum atomic E-state index is -0.153. The van der Waals surface area contributed by atoms with Gasteiger partial charge in [0.2, 0.25) is 0 Å². The zero-order chi connectivity index (χ0) is 7.40. The van der Waals surface area contributed by atoms with E-state index >= 15 is 0 Å². The molecule has 0 bridgehead atoms. The summed E-state index contributed by atoms with van der Waals surface area (Å²) < 4.78 is 4.79. The fourth-order valence-electron chi connectivity index (χ4n) is 1.05. The van der Waals surface area contributed by atoms with Crippen LogP contribution >= 0.6 is 0 Å². The molecule has 1 fully saturated rings. The highest BCUT2D eigenvalue weighted by Gasteiger charge is 2.23. The summed E-state index contributed by atoms with van der Waals surface area (Å²) in [6.07, 6.45) is 1.91. The van der Waals surface area contributed by atoms with Crippen LogP contribution in [0.4, 0.5) is 0 Å². The van der Waals surface area contributed by atoms with Crippen LogP contribution in [0.25, 0.3) is 0 Å². The van der Waals surface area contributed by atoms with E-state index in [1.54, 1.807) is 0 Å². The molecule has 0 saturated carbocycles. The molecule has 3 nitrogen and oxygen atoms in total. The molecule has 3 heteroatoms. The number of rotatable bonds is 2. The Morgan fingerprint density at radius 1 is 1.80 bits per heavy atom. The second kappa shape index (κ2) is 3.56. The standard InChI is InChI=1S/C7H12NO2/c1-2-10-7(9)6-4-3-5-8-6/h6H,2-5H2,1H3. The lowest BCUT2D eigenvalue weighted by Crippen LogP contribution is -2.27. The van der Waals surface area contributed by atoms with Crippen molar-refractivity contribution in [3.63, 3.8) is 0 Å². The smallest absolute Gasteiger partial charge is 0.324 e. The molecular weight excluding hydrogens is 130 g/mol. The Kier molecular flexibility index (Phi) is 2.68. The van der Waals surface area contributed by atoms with Gasteiger partial charge in [-0.05, 0) is 19.8 Å².